The van der Waals surface area contributed by atoms with E-state index in [1.54, 1.807) is 6.20 Å². The van der Waals surface area contributed by atoms with E-state index in [0.717, 1.165) is 58.6 Å². The molecule has 5 rings (SSSR count). The van der Waals surface area contributed by atoms with Gasteiger partial charge in [-0.25, -0.2) is 14.5 Å². The Bertz CT molecular complexity index is 1220. The first-order valence-electron chi connectivity index (χ1n) is 10.5. The van der Waals surface area contributed by atoms with Crippen molar-refractivity contribution >= 4 is 17.2 Å². The van der Waals surface area contributed by atoms with Crippen molar-refractivity contribution in [1.82, 2.24) is 34.7 Å². The number of pyridine rings is 1. The Labute approximate surface area is 180 Å². The second-order valence-electron chi connectivity index (χ2n) is 8.05. The predicted octanol–water partition coefficient (Wildman–Crippen LogP) is 3.01. The lowest BCUT2D eigenvalue weighted by atomic mass is 10.1. The Kier molecular flexibility index (Phi) is 4.82. The quantitative estimate of drug-likeness (QED) is 0.514. The molecule has 5 heterocycles. The Hall–Kier alpha value is -3.46. The monoisotopic (exact) mass is 418 g/mol. The summed E-state index contributed by atoms with van der Waals surface area (Å²) in [5.41, 5.74) is 3.86. The van der Waals surface area contributed by atoms with Crippen LogP contribution in [0.5, 0.6) is 5.75 Å². The molecule has 2 atom stereocenters. The third-order valence-electron chi connectivity index (χ3n) is 5.60. The highest BCUT2D eigenvalue weighted by Crippen LogP contribution is 2.32. The van der Waals surface area contributed by atoms with E-state index in [4.69, 9.17) is 4.74 Å². The molecule has 9 nitrogen and oxygen atoms in total. The van der Waals surface area contributed by atoms with Crippen molar-refractivity contribution in [2.75, 3.05) is 11.9 Å². The minimum atomic E-state index is 0.150. The van der Waals surface area contributed by atoms with Gasteiger partial charge in [-0.2, -0.15) is 10.2 Å². The van der Waals surface area contributed by atoms with E-state index in [1.165, 1.54) is 0 Å². The molecule has 1 aliphatic heterocycles. The molecule has 0 unspecified atom stereocenters. The summed E-state index contributed by atoms with van der Waals surface area (Å²) in [5, 5.41) is 15.8. The Morgan fingerprint density at radius 1 is 1.16 bits per heavy atom. The van der Waals surface area contributed by atoms with E-state index in [2.05, 4.69) is 43.8 Å². The summed E-state index contributed by atoms with van der Waals surface area (Å²) in [5.74, 6) is 2.98. The first-order chi connectivity index (χ1) is 15.0. The molecule has 0 spiro atoms. The van der Waals surface area contributed by atoms with Crippen molar-refractivity contribution in [1.29, 1.82) is 0 Å². The van der Waals surface area contributed by atoms with E-state index in [0.29, 0.717) is 6.04 Å². The zero-order valence-electron chi connectivity index (χ0n) is 18.1. The minimum absolute atomic E-state index is 0.150. The topological polar surface area (TPSA) is 94.2 Å². The van der Waals surface area contributed by atoms with Crippen LogP contribution < -0.4 is 15.4 Å². The number of hydrogen-bond acceptors (Lipinski definition) is 7. The van der Waals surface area contributed by atoms with Crippen molar-refractivity contribution in [2.45, 2.75) is 39.3 Å². The summed E-state index contributed by atoms with van der Waals surface area (Å²) in [4.78, 5) is 8.75. The number of aryl methyl sites for hydroxylation is 3. The Morgan fingerprint density at radius 3 is 2.81 bits per heavy atom. The van der Waals surface area contributed by atoms with E-state index >= 15 is 0 Å². The number of fused-ring (bicyclic) bond motifs is 1. The van der Waals surface area contributed by atoms with E-state index in [-0.39, 0.29) is 6.10 Å². The van der Waals surface area contributed by atoms with Gasteiger partial charge < -0.3 is 15.4 Å². The van der Waals surface area contributed by atoms with Gasteiger partial charge >= 0.3 is 0 Å². The summed E-state index contributed by atoms with van der Waals surface area (Å²) in [7, 11) is 1.94. The van der Waals surface area contributed by atoms with Crippen LogP contribution in [-0.4, -0.2) is 48.1 Å². The maximum absolute atomic E-state index is 6.32. The number of anilines is 2. The summed E-state index contributed by atoms with van der Waals surface area (Å²) in [6, 6.07) is 8.35. The van der Waals surface area contributed by atoms with Gasteiger partial charge in [0.05, 0.1) is 11.7 Å². The number of hydrogen-bond donors (Lipinski definition) is 2. The van der Waals surface area contributed by atoms with Crippen LogP contribution in [0.3, 0.4) is 0 Å². The molecule has 9 heteroatoms. The van der Waals surface area contributed by atoms with Gasteiger partial charge in [-0.05, 0) is 45.9 Å². The van der Waals surface area contributed by atoms with Gasteiger partial charge in [0, 0.05) is 42.7 Å². The summed E-state index contributed by atoms with van der Waals surface area (Å²) < 4.78 is 10.0. The van der Waals surface area contributed by atoms with Crippen molar-refractivity contribution in [3.8, 4) is 17.0 Å². The second kappa shape index (κ2) is 7.66. The number of nitrogens with one attached hydrogen (secondary N) is 2. The highest BCUT2D eigenvalue weighted by Gasteiger charge is 2.26. The van der Waals surface area contributed by atoms with Gasteiger partial charge in [0.2, 0.25) is 0 Å². The first kappa shape index (κ1) is 19.5. The van der Waals surface area contributed by atoms with Crippen LogP contribution in [0.15, 0.2) is 36.7 Å². The van der Waals surface area contributed by atoms with Crippen molar-refractivity contribution in [3.63, 3.8) is 0 Å². The fourth-order valence-corrected chi connectivity index (χ4v) is 4.11. The largest absolute Gasteiger partial charge is 0.485 e. The molecule has 0 saturated carbocycles. The van der Waals surface area contributed by atoms with Gasteiger partial charge in [0.15, 0.2) is 11.6 Å². The van der Waals surface area contributed by atoms with Crippen LogP contribution in [0.25, 0.3) is 16.8 Å². The Morgan fingerprint density at radius 2 is 2.03 bits per heavy atom. The SMILES string of the molecule is Cc1cc(Nc2cc3cc(-c4c(O[C@H]5CCN[C@@H]5C)cnn4C)ccn3n2)nc(C)n1. The van der Waals surface area contributed by atoms with Crippen molar-refractivity contribution in [3.05, 3.63) is 48.2 Å². The van der Waals surface area contributed by atoms with Crippen molar-refractivity contribution in [2.24, 2.45) is 7.05 Å². The number of rotatable bonds is 5. The molecule has 0 bridgehead atoms. The second-order valence-corrected chi connectivity index (χ2v) is 8.05. The average Bonchev–Trinajstić information content (AvgIpc) is 3.39. The average molecular weight is 419 g/mol. The standard InChI is InChI=1S/C22H26N8O/c1-13-9-20(26-15(3)25-13)27-21-11-17-10-16(6-8-30(17)28-21)22-19(12-24-29(22)4)31-18-5-7-23-14(18)2/h6,8-12,14,18,23H,5,7H2,1-4H3,(H,25,26,27,28)/t14-,18+/m1/s1. The highest BCUT2D eigenvalue weighted by molar-refractivity contribution is 5.72. The molecule has 0 radical (unpaired) electrons. The lowest BCUT2D eigenvalue weighted by molar-refractivity contribution is 0.193. The van der Waals surface area contributed by atoms with E-state index in [9.17, 15) is 0 Å². The van der Waals surface area contributed by atoms with Crippen LogP contribution in [0.1, 0.15) is 24.9 Å². The maximum Gasteiger partial charge on any atom is 0.165 e. The summed E-state index contributed by atoms with van der Waals surface area (Å²) in [6.07, 6.45) is 4.89. The number of ether oxygens (including phenoxy) is 1. The van der Waals surface area contributed by atoms with Crippen LogP contribution in [0, 0.1) is 13.8 Å². The molecular weight excluding hydrogens is 392 g/mol. The Balaban J connectivity index is 1.45. The zero-order chi connectivity index (χ0) is 21.5. The molecule has 1 fully saturated rings. The molecule has 0 aliphatic carbocycles. The molecular formula is C22H26N8O. The smallest absolute Gasteiger partial charge is 0.165 e. The first-order valence-corrected chi connectivity index (χ1v) is 10.5. The highest BCUT2D eigenvalue weighted by atomic mass is 16.5. The zero-order valence-corrected chi connectivity index (χ0v) is 18.1. The normalized spacial score (nSPS) is 18.6. The fourth-order valence-electron chi connectivity index (χ4n) is 4.11. The van der Waals surface area contributed by atoms with Crippen molar-refractivity contribution < 1.29 is 4.74 Å². The van der Waals surface area contributed by atoms with Gasteiger partial charge in [-0.15, -0.1) is 0 Å². The van der Waals surface area contributed by atoms with Crippen LogP contribution in [0.4, 0.5) is 11.6 Å². The lowest BCUT2D eigenvalue weighted by Gasteiger charge is -2.18. The minimum Gasteiger partial charge on any atom is -0.485 e. The van der Waals surface area contributed by atoms with Crippen LogP contribution >= 0.6 is 0 Å². The predicted molar refractivity (Wildman–Crippen MR) is 119 cm³/mol. The third kappa shape index (κ3) is 3.84. The molecule has 0 amide bonds. The molecule has 1 saturated heterocycles. The van der Waals surface area contributed by atoms with E-state index < -0.39 is 0 Å². The molecule has 0 aromatic carbocycles. The summed E-state index contributed by atoms with van der Waals surface area (Å²) in [6.45, 7) is 6.96. The molecule has 160 valence electrons. The molecule has 31 heavy (non-hydrogen) atoms. The van der Waals surface area contributed by atoms with Gasteiger partial charge in [0.1, 0.15) is 23.4 Å². The fraction of sp³-hybridized carbons (Fsp3) is 0.364. The number of nitrogens with zero attached hydrogens (tertiary/aromatic N) is 6. The lowest BCUT2D eigenvalue weighted by Crippen LogP contribution is -2.30. The summed E-state index contributed by atoms with van der Waals surface area (Å²) >= 11 is 0. The molecule has 2 N–H and O–H groups in total. The van der Waals surface area contributed by atoms with Crippen LogP contribution in [-0.2, 0) is 7.05 Å². The van der Waals surface area contributed by atoms with Crippen LogP contribution in [0.2, 0.25) is 0 Å². The van der Waals surface area contributed by atoms with Gasteiger partial charge in [0.25, 0.3) is 0 Å². The molecule has 4 aromatic heterocycles. The van der Waals surface area contributed by atoms with Gasteiger partial charge in [-0.3, -0.25) is 4.68 Å². The third-order valence-corrected chi connectivity index (χ3v) is 5.60. The molecule has 4 aromatic rings. The molecule has 1 aliphatic rings. The number of aromatic nitrogens is 6. The van der Waals surface area contributed by atoms with Gasteiger partial charge in [-0.1, -0.05) is 0 Å². The maximum atomic E-state index is 6.32. The van der Waals surface area contributed by atoms with E-state index in [1.807, 2.05) is 54.5 Å².